The van der Waals surface area contributed by atoms with Crippen molar-refractivity contribution < 1.29 is 14.4 Å². The van der Waals surface area contributed by atoms with Gasteiger partial charge in [-0.3, -0.25) is 14.5 Å². The molecule has 0 spiro atoms. The number of benzene rings is 2. The third-order valence-electron chi connectivity index (χ3n) is 4.76. The van der Waals surface area contributed by atoms with Crippen LogP contribution in [0.2, 0.25) is 0 Å². The standard InChI is InChI=1S/C22H25N3O3/c1-16(2)14-23-19(26)15-25-20(27)22(24-21(25)28,18-11-7-4-8-12-18)13-17-9-5-3-6-10-17/h3-12,16H,13-15H2,1-2H3,(H,23,26)(H,24,28). The number of imide groups is 1. The van der Waals surface area contributed by atoms with Crippen molar-refractivity contribution >= 4 is 17.8 Å². The minimum absolute atomic E-state index is 0.286. The van der Waals surface area contributed by atoms with Gasteiger partial charge in [0.05, 0.1) is 0 Å². The van der Waals surface area contributed by atoms with E-state index in [1.54, 1.807) is 0 Å². The third kappa shape index (κ3) is 4.06. The van der Waals surface area contributed by atoms with Crippen LogP contribution in [0.25, 0.3) is 0 Å². The zero-order valence-corrected chi connectivity index (χ0v) is 16.1. The van der Waals surface area contributed by atoms with E-state index in [-0.39, 0.29) is 18.4 Å². The Balaban J connectivity index is 1.89. The summed E-state index contributed by atoms with van der Waals surface area (Å²) in [6.45, 7) is 4.17. The zero-order chi connectivity index (χ0) is 20.1. The Kier molecular flexibility index (Phi) is 5.78. The van der Waals surface area contributed by atoms with Crippen LogP contribution >= 0.6 is 0 Å². The summed E-state index contributed by atoms with van der Waals surface area (Å²) < 4.78 is 0. The minimum atomic E-state index is -1.22. The fraction of sp³-hybridized carbons (Fsp3) is 0.318. The number of rotatable bonds is 7. The molecule has 1 saturated heterocycles. The van der Waals surface area contributed by atoms with E-state index in [1.807, 2.05) is 74.5 Å². The number of amides is 4. The summed E-state index contributed by atoms with van der Waals surface area (Å²) in [4.78, 5) is 39.3. The predicted molar refractivity (Wildman–Crippen MR) is 106 cm³/mol. The highest BCUT2D eigenvalue weighted by Gasteiger charge is 2.52. The Morgan fingerprint density at radius 3 is 2.25 bits per heavy atom. The van der Waals surface area contributed by atoms with Crippen molar-refractivity contribution in [2.75, 3.05) is 13.1 Å². The lowest BCUT2D eigenvalue weighted by atomic mass is 9.83. The minimum Gasteiger partial charge on any atom is -0.354 e. The molecule has 6 nitrogen and oxygen atoms in total. The summed E-state index contributed by atoms with van der Waals surface area (Å²) in [5.74, 6) is -0.471. The average molecular weight is 379 g/mol. The van der Waals surface area contributed by atoms with Crippen LogP contribution < -0.4 is 10.6 Å². The summed E-state index contributed by atoms with van der Waals surface area (Å²) in [6, 6.07) is 18.1. The molecule has 3 rings (SSSR count). The second-order valence-corrected chi connectivity index (χ2v) is 7.45. The van der Waals surface area contributed by atoms with Gasteiger partial charge in [-0.05, 0) is 17.0 Å². The van der Waals surface area contributed by atoms with Crippen LogP contribution in [0.4, 0.5) is 4.79 Å². The first-order valence-electron chi connectivity index (χ1n) is 9.42. The Morgan fingerprint density at radius 1 is 1.04 bits per heavy atom. The molecule has 0 saturated carbocycles. The average Bonchev–Trinajstić information content (AvgIpc) is 2.93. The molecular weight excluding hydrogens is 354 g/mol. The van der Waals surface area contributed by atoms with Crippen LogP contribution in [0.5, 0.6) is 0 Å². The van der Waals surface area contributed by atoms with Gasteiger partial charge < -0.3 is 10.6 Å². The van der Waals surface area contributed by atoms with Crippen molar-refractivity contribution in [3.8, 4) is 0 Å². The third-order valence-corrected chi connectivity index (χ3v) is 4.76. The first kappa shape index (κ1) is 19.6. The maximum atomic E-state index is 13.4. The maximum absolute atomic E-state index is 13.4. The van der Waals surface area contributed by atoms with E-state index < -0.39 is 17.5 Å². The quantitative estimate of drug-likeness (QED) is 0.726. The molecule has 1 unspecified atom stereocenters. The monoisotopic (exact) mass is 379 g/mol. The maximum Gasteiger partial charge on any atom is 0.325 e. The smallest absolute Gasteiger partial charge is 0.325 e. The van der Waals surface area contributed by atoms with Gasteiger partial charge in [-0.1, -0.05) is 74.5 Å². The first-order chi connectivity index (χ1) is 13.4. The number of hydrogen-bond donors (Lipinski definition) is 2. The lowest BCUT2D eigenvalue weighted by Crippen LogP contribution is -2.47. The fourth-order valence-electron chi connectivity index (χ4n) is 3.33. The van der Waals surface area contributed by atoms with Crippen molar-refractivity contribution in [3.63, 3.8) is 0 Å². The topological polar surface area (TPSA) is 78.5 Å². The van der Waals surface area contributed by atoms with Gasteiger partial charge in [-0.25, -0.2) is 4.79 Å². The SMILES string of the molecule is CC(C)CNC(=O)CN1C(=O)NC(Cc2ccccc2)(c2ccccc2)C1=O. The predicted octanol–water partition coefficient (Wildman–Crippen LogP) is 2.45. The van der Waals surface area contributed by atoms with Crippen LogP contribution in [-0.2, 0) is 21.5 Å². The molecule has 146 valence electrons. The summed E-state index contributed by atoms with van der Waals surface area (Å²) in [7, 11) is 0. The number of nitrogens with zero attached hydrogens (tertiary/aromatic N) is 1. The Bertz CT molecular complexity index is 852. The van der Waals surface area contributed by atoms with Gasteiger partial charge >= 0.3 is 6.03 Å². The Hall–Kier alpha value is -3.15. The normalized spacial score (nSPS) is 19.0. The zero-order valence-electron chi connectivity index (χ0n) is 16.1. The molecule has 1 fully saturated rings. The summed E-state index contributed by atoms with van der Waals surface area (Å²) >= 11 is 0. The van der Waals surface area contributed by atoms with Crippen LogP contribution in [0.15, 0.2) is 60.7 Å². The van der Waals surface area contributed by atoms with Gasteiger partial charge in [0, 0.05) is 13.0 Å². The molecule has 1 heterocycles. The highest BCUT2D eigenvalue weighted by molar-refractivity contribution is 6.09. The molecule has 1 aliphatic heterocycles. The number of hydrogen-bond acceptors (Lipinski definition) is 3. The van der Waals surface area contributed by atoms with E-state index in [0.29, 0.717) is 18.5 Å². The molecule has 0 radical (unpaired) electrons. The molecule has 4 amide bonds. The Morgan fingerprint density at radius 2 is 1.64 bits per heavy atom. The Labute approximate surface area is 164 Å². The molecule has 28 heavy (non-hydrogen) atoms. The van der Waals surface area contributed by atoms with Crippen molar-refractivity contribution in [2.24, 2.45) is 5.92 Å². The van der Waals surface area contributed by atoms with Gasteiger partial charge in [-0.15, -0.1) is 0 Å². The van der Waals surface area contributed by atoms with Crippen molar-refractivity contribution in [1.82, 2.24) is 15.5 Å². The summed E-state index contributed by atoms with van der Waals surface area (Å²) in [6.07, 6.45) is 0.312. The number of carbonyl (C=O) groups excluding carboxylic acids is 3. The lowest BCUT2D eigenvalue weighted by Gasteiger charge is -2.27. The largest absolute Gasteiger partial charge is 0.354 e. The van der Waals surface area contributed by atoms with Gasteiger partial charge in [0.15, 0.2) is 5.54 Å². The van der Waals surface area contributed by atoms with E-state index >= 15 is 0 Å². The first-order valence-corrected chi connectivity index (χ1v) is 9.42. The van der Waals surface area contributed by atoms with Gasteiger partial charge in [-0.2, -0.15) is 0 Å². The van der Waals surface area contributed by atoms with E-state index in [4.69, 9.17) is 0 Å². The van der Waals surface area contributed by atoms with Gasteiger partial charge in [0.1, 0.15) is 6.54 Å². The highest BCUT2D eigenvalue weighted by Crippen LogP contribution is 2.32. The van der Waals surface area contributed by atoms with Crippen molar-refractivity contribution in [3.05, 3.63) is 71.8 Å². The molecular formula is C22H25N3O3. The number of carbonyl (C=O) groups is 3. The second-order valence-electron chi connectivity index (χ2n) is 7.45. The second kappa shape index (κ2) is 8.25. The number of urea groups is 1. The van der Waals surface area contributed by atoms with Gasteiger partial charge in [0.2, 0.25) is 5.91 Å². The van der Waals surface area contributed by atoms with Crippen LogP contribution in [-0.4, -0.2) is 35.8 Å². The van der Waals surface area contributed by atoms with E-state index in [9.17, 15) is 14.4 Å². The van der Waals surface area contributed by atoms with Crippen LogP contribution in [0.1, 0.15) is 25.0 Å². The molecule has 0 aliphatic carbocycles. The van der Waals surface area contributed by atoms with E-state index in [1.165, 1.54) is 0 Å². The summed E-state index contributed by atoms with van der Waals surface area (Å²) in [5, 5.41) is 5.61. The van der Waals surface area contributed by atoms with E-state index in [2.05, 4.69) is 10.6 Å². The molecule has 2 aromatic rings. The lowest BCUT2D eigenvalue weighted by molar-refractivity contribution is -0.135. The molecule has 6 heteroatoms. The molecule has 0 bridgehead atoms. The van der Waals surface area contributed by atoms with Crippen LogP contribution in [0, 0.1) is 5.92 Å². The summed E-state index contributed by atoms with van der Waals surface area (Å²) in [5.41, 5.74) is 0.395. The molecule has 2 N–H and O–H groups in total. The molecule has 0 aromatic heterocycles. The number of nitrogens with one attached hydrogen (secondary N) is 2. The van der Waals surface area contributed by atoms with Crippen molar-refractivity contribution in [2.45, 2.75) is 25.8 Å². The van der Waals surface area contributed by atoms with Crippen molar-refractivity contribution in [1.29, 1.82) is 0 Å². The molecule has 2 aromatic carbocycles. The molecule has 1 aliphatic rings. The highest BCUT2D eigenvalue weighted by atomic mass is 16.2. The van der Waals surface area contributed by atoms with E-state index in [0.717, 1.165) is 10.5 Å². The van der Waals surface area contributed by atoms with Gasteiger partial charge in [0.25, 0.3) is 5.91 Å². The van der Waals surface area contributed by atoms with Crippen LogP contribution in [0.3, 0.4) is 0 Å². The fourth-order valence-corrected chi connectivity index (χ4v) is 3.33. The molecule has 1 atom stereocenters.